The predicted octanol–water partition coefficient (Wildman–Crippen LogP) is 1.96. The van der Waals surface area contributed by atoms with Crippen molar-refractivity contribution in [1.29, 1.82) is 0 Å². The molecule has 2 aliphatic rings. The second kappa shape index (κ2) is 6.81. The van der Waals surface area contributed by atoms with Crippen LogP contribution in [0, 0.1) is 22.6 Å². The van der Waals surface area contributed by atoms with E-state index in [0.29, 0.717) is 5.92 Å². The van der Waals surface area contributed by atoms with Gasteiger partial charge >= 0.3 is 5.97 Å². The van der Waals surface area contributed by atoms with Gasteiger partial charge in [0.15, 0.2) is 6.61 Å². The van der Waals surface area contributed by atoms with Gasteiger partial charge in [-0.05, 0) is 54.2 Å². The van der Waals surface area contributed by atoms with Crippen molar-refractivity contribution in [3.8, 4) is 0 Å². The summed E-state index contributed by atoms with van der Waals surface area (Å²) in [5, 5.41) is 7.92. The molecule has 0 saturated heterocycles. The van der Waals surface area contributed by atoms with E-state index in [0.717, 1.165) is 37.5 Å². The minimum Gasteiger partial charge on any atom is -0.452 e. The molecule has 0 aromatic heterocycles. The van der Waals surface area contributed by atoms with Gasteiger partial charge in [-0.1, -0.05) is 20.8 Å². The van der Waals surface area contributed by atoms with Crippen LogP contribution in [0.15, 0.2) is 23.1 Å². The third kappa shape index (κ3) is 3.41. The molecule has 0 spiro atoms. The number of benzene rings is 1. The quantitative estimate of drug-likeness (QED) is 0.718. The van der Waals surface area contributed by atoms with Gasteiger partial charge in [-0.2, -0.15) is 0 Å². The summed E-state index contributed by atoms with van der Waals surface area (Å²) < 4.78 is 41.5. The first kappa shape index (κ1) is 20.7. The van der Waals surface area contributed by atoms with Crippen LogP contribution in [0.1, 0.15) is 50.4 Å². The highest BCUT2D eigenvalue weighted by molar-refractivity contribution is 7.89. The summed E-state index contributed by atoms with van der Waals surface area (Å²) >= 11 is 0. The van der Waals surface area contributed by atoms with E-state index in [-0.39, 0.29) is 16.9 Å². The number of rotatable bonds is 5. The van der Waals surface area contributed by atoms with E-state index in [1.807, 2.05) is 0 Å². The fourth-order valence-corrected chi connectivity index (χ4v) is 5.24. The first-order valence-electron chi connectivity index (χ1n) is 9.15. The Morgan fingerprint density at radius 2 is 2.00 bits per heavy atom. The molecule has 7 nitrogen and oxygen atoms in total. The molecule has 3 atom stereocenters. The number of nitrogens with one attached hydrogen (secondary N) is 1. The number of carbonyl (C=O) groups excluding carboxylic acids is 2. The number of fused-ring (bicyclic) bond motifs is 2. The summed E-state index contributed by atoms with van der Waals surface area (Å²) in [6.07, 6.45) is 3.06. The van der Waals surface area contributed by atoms with Gasteiger partial charge in [0, 0.05) is 6.04 Å². The zero-order chi connectivity index (χ0) is 20.9. The highest BCUT2D eigenvalue weighted by Gasteiger charge is 2.61. The molecule has 1 aromatic carbocycles. The van der Waals surface area contributed by atoms with Gasteiger partial charge in [-0.25, -0.2) is 22.7 Å². The number of hydrogen-bond acceptors (Lipinski definition) is 5. The fraction of sp³-hybridized carbons (Fsp3) is 0.579. The third-order valence-electron chi connectivity index (χ3n) is 6.95. The number of halogens is 1. The number of nitrogens with two attached hydrogens (primary N) is 1. The molecule has 2 saturated carbocycles. The van der Waals surface area contributed by atoms with E-state index < -0.39 is 44.8 Å². The number of hydrogen-bond donors (Lipinski definition) is 2. The fourth-order valence-electron chi connectivity index (χ4n) is 4.70. The van der Waals surface area contributed by atoms with Gasteiger partial charge in [-0.15, -0.1) is 0 Å². The molecule has 2 unspecified atom stereocenters. The average molecular weight is 412 g/mol. The number of amides is 1. The summed E-state index contributed by atoms with van der Waals surface area (Å²) in [5.41, 5.74) is -0.487. The van der Waals surface area contributed by atoms with Crippen LogP contribution < -0.4 is 10.5 Å². The lowest BCUT2D eigenvalue weighted by atomic mass is 9.69. The second-order valence-electron chi connectivity index (χ2n) is 8.49. The topological polar surface area (TPSA) is 116 Å². The van der Waals surface area contributed by atoms with Gasteiger partial charge in [0.1, 0.15) is 5.82 Å². The zero-order valence-corrected chi connectivity index (χ0v) is 16.9. The Balaban J connectivity index is 1.62. The highest BCUT2D eigenvalue weighted by atomic mass is 32.2. The molecule has 2 fully saturated rings. The minimum absolute atomic E-state index is 0.00472. The molecule has 2 aliphatic carbocycles. The molecule has 0 heterocycles. The van der Waals surface area contributed by atoms with Crippen LogP contribution in [-0.2, 0) is 19.6 Å². The van der Waals surface area contributed by atoms with Crippen molar-refractivity contribution in [3.63, 3.8) is 0 Å². The van der Waals surface area contributed by atoms with Gasteiger partial charge < -0.3 is 10.1 Å². The highest BCUT2D eigenvalue weighted by Crippen LogP contribution is 2.65. The second-order valence-corrected chi connectivity index (χ2v) is 10.1. The summed E-state index contributed by atoms with van der Waals surface area (Å²) in [5.74, 6) is -2.01. The van der Waals surface area contributed by atoms with Crippen LogP contribution in [0.25, 0.3) is 0 Å². The Kier molecular flexibility index (Phi) is 5.04. The third-order valence-corrected chi connectivity index (χ3v) is 7.86. The first-order valence-corrected chi connectivity index (χ1v) is 10.7. The lowest BCUT2D eigenvalue weighted by Crippen LogP contribution is -2.48. The lowest BCUT2D eigenvalue weighted by molar-refractivity contribution is -0.126. The Bertz CT molecular complexity index is 930. The Hall–Kier alpha value is -2.00. The average Bonchev–Trinajstić information content (AvgIpc) is 2.92. The summed E-state index contributed by atoms with van der Waals surface area (Å²) in [6, 6.07) is 2.56. The maximum atomic E-state index is 13.9. The van der Waals surface area contributed by atoms with Crippen molar-refractivity contribution in [2.75, 3.05) is 6.61 Å². The summed E-state index contributed by atoms with van der Waals surface area (Å²) in [7, 11) is -4.10. The van der Waals surface area contributed by atoms with Crippen LogP contribution in [0.2, 0.25) is 0 Å². The number of ether oxygens (including phenoxy) is 1. The Labute approximate surface area is 163 Å². The van der Waals surface area contributed by atoms with Crippen molar-refractivity contribution in [2.24, 2.45) is 21.9 Å². The van der Waals surface area contributed by atoms with E-state index in [9.17, 15) is 22.4 Å². The first-order chi connectivity index (χ1) is 12.9. The van der Waals surface area contributed by atoms with Crippen molar-refractivity contribution >= 4 is 21.9 Å². The minimum atomic E-state index is -4.10. The van der Waals surface area contributed by atoms with Gasteiger partial charge in [0.2, 0.25) is 10.0 Å². The van der Waals surface area contributed by atoms with Crippen LogP contribution in [-0.4, -0.2) is 32.9 Å². The maximum Gasteiger partial charge on any atom is 0.341 e. The zero-order valence-electron chi connectivity index (χ0n) is 16.1. The molecular formula is C19H25FN2O5S. The molecule has 0 aliphatic heterocycles. The molecule has 1 amide bonds. The lowest BCUT2D eigenvalue weighted by Gasteiger charge is -2.39. The monoisotopic (exact) mass is 412 g/mol. The van der Waals surface area contributed by atoms with Gasteiger partial charge in [0.25, 0.3) is 5.91 Å². The van der Waals surface area contributed by atoms with Gasteiger partial charge in [0.05, 0.1) is 10.5 Å². The normalized spacial score (nSPS) is 28.2. The van der Waals surface area contributed by atoms with Crippen molar-refractivity contribution in [2.45, 2.75) is 51.0 Å². The SMILES string of the molecule is CC1(C)C2CC[C@@]1(C)C(NC(=O)COC(=O)c1cc(S(N)(=O)=O)ccc1F)C2. The maximum absolute atomic E-state index is 13.9. The van der Waals surface area contributed by atoms with Crippen LogP contribution in [0.5, 0.6) is 0 Å². The van der Waals surface area contributed by atoms with Crippen LogP contribution in [0.4, 0.5) is 4.39 Å². The Morgan fingerprint density at radius 1 is 1.32 bits per heavy atom. The molecule has 1 aromatic rings. The molecule has 3 N–H and O–H groups in total. The van der Waals surface area contributed by atoms with Crippen molar-refractivity contribution in [3.05, 3.63) is 29.6 Å². The molecule has 154 valence electrons. The Morgan fingerprint density at radius 3 is 2.54 bits per heavy atom. The van der Waals surface area contributed by atoms with E-state index in [2.05, 4.69) is 26.1 Å². The van der Waals surface area contributed by atoms with E-state index in [1.165, 1.54) is 0 Å². The largest absolute Gasteiger partial charge is 0.452 e. The van der Waals surface area contributed by atoms with E-state index >= 15 is 0 Å². The smallest absolute Gasteiger partial charge is 0.341 e. The van der Waals surface area contributed by atoms with Crippen molar-refractivity contribution in [1.82, 2.24) is 5.32 Å². The van der Waals surface area contributed by atoms with E-state index in [1.54, 1.807) is 0 Å². The van der Waals surface area contributed by atoms with Gasteiger partial charge in [-0.3, -0.25) is 4.79 Å². The molecule has 2 bridgehead atoms. The van der Waals surface area contributed by atoms with E-state index in [4.69, 9.17) is 9.88 Å². The molecule has 3 rings (SSSR count). The predicted molar refractivity (Wildman–Crippen MR) is 99.2 cm³/mol. The van der Waals surface area contributed by atoms with Crippen LogP contribution >= 0.6 is 0 Å². The number of primary sulfonamides is 1. The standard InChI is InChI=1S/C19H25FN2O5S/c1-18(2)11-6-7-19(18,3)15(8-11)22-16(23)10-27-17(24)13-9-12(28(21,25)26)4-5-14(13)20/h4-5,9,11,15H,6-8,10H2,1-3H3,(H,22,23)(H2,21,25,26)/t11?,15?,19-/m0/s1. The molecule has 0 radical (unpaired) electrons. The summed E-state index contributed by atoms with van der Waals surface area (Å²) in [6.45, 7) is 6.04. The summed E-state index contributed by atoms with van der Waals surface area (Å²) in [4.78, 5) is 24.0. The number of esters is 1. The molecule has 28 heavy (non-hydrogen) atoms. The molecular weight excluding hydrogens is 387 g/mol. The number of sulfonamides is 1. The van der Waals surface area contributed by atoms with Crippen LogP contribution in [0.3, 0.4) is 0 Å². The number of carbonyl (C=O) groups is 2. The molecule has 9 heteroatoms. The van der Waals surface area contributed by atoms with Crippen molar-refractivity contribution < 1.29 is 27.1 Å².